The van der Waals surface area contributed by atoms with E-state index < -0.39 is 0 Å². The summed E-state index contributed by atoms with van der Waals surface area (Å²) in [5.74, 6) is 3.03. The number of nitrogens with one attached hydrogen (secondary N) is 1. The summed E-state index contributed by atoms with van der Waals surface area (Å²) < 4.78 is 17.7. The molecular weight excluding hydrogens is 437 g/mol. The van der Waals surface area contributed by atoms with Gasteiger partial charge in [0.1, 0.15) is 11.6 Å². The molecule has 0 radical (unpaired) electrons. The van der Waals surface area contributed by atoms with Crippen LogP contribution in [0.3, 0.4) is 0 Å². The van der Waals surface area contributed by atoms with E-state index in [1.165, 1.54) is 62.2 Å². The first-order valence-electron chi connectivity index (χ1n) is 12.4. The normalized spacial score (nSPS) is 31.0. The number of anilines is 1. The zero-order chi connectivity index (χ0) is 22.4. The van der Waals surface area contributed by atoms with E-state index >= 15 is 0 Å². The summed E-state index contributed by atoms with van der Waals surface area (Å²) in [6, 6.07) is 6.64. The average Bonchev–Trinajstić information content (AvgIpc) is 3.08. The van der Waals surface area contributed by atoms with Crippen LogP contribution >= 0.6 is 11.5 Å². The molecule has 2 aromatic rings. The molecule has 0 spiro atoms. The zero-order valence-electron chi connectivity index (χ0n) is 19.0. The maximum atomic E-state index is 13.3. The molecule has 4 saturated carbocycles. The van der Waals surface area contributed by atoms with Crippen molar-refractivity contribution in [3.8, 4) is 0 Å². The van der Waals surface area contributed by atoms with Gasteiger partial charge in [0.05, 0.1) is 0 Å². The van der Waals surface area contributed by atoms with Crippen LogP contribution in [0.5, 0.6) is 0 Å². The predicted octanol–water partition coefficient (Wildman–Crippen LogP) is 4.46. The quantitative estimate of drug-likeness (QED) is 0.718. The van der Waals surface area contributed by atoms with Crippen LogP contribution in [0, 0.1) is 23.6 Å². The highest BCUT2D eigenvalue weighted by Crippen LogP contribution is 2.55. The van der Waals surface area contributed by atoms with Crippen molar-refractivity contribution in [2.45, 2.75) is 56.9 Å². The van der Waals surface area contributed by atoms with Gasteiger partial charge in [-0.1, -0.05) is 12.1 Å². The number of hydrogen-bond donors (Lipinski definition) is 1. The zero-order valence-corrected chi connectivity index (χ0v) is 19.8. The molecule has 1 saturated heterocycles. The lowest BCUT2D eigenvalue weighted by Gasteiger charge is -2.57. The third-order valence-corrected chi connectivity index (χ3v) is 9.01. The molecule has 6 nitrogen and oxygen atoms in total. The Labute approximate surface area is 198 Å². The van der Waals surface area contributed by atoms with Gasteiger partial charge in [0.15, 0.2) is 0 Å². The smallest absolute Gasteiger partial charge is 0.317 e. The van der Waals surface area contributed by atoms with Gasteiger partial charge >= 0.3 is 6.03 Å². The van der Waals surface area contributed by atoms with E-state index in [-0.39, 0.29) is 17.4 Å². The number of aromatic nitrogens is 2. The van der Waals surface area contributed by atoms with Crippen LogP contribution in [0.15, 0.2) is 24.3 Å². The second-order valence-corrected chi connectivity index (χ2v) is 11.5. The van der Waals surface area contributed by atoms with Gasteiger partial charge in [0.25, 0.3) is 0 Å². The topological polar surface area (TPSA) is 61.4 Å². The molecule has 8 heteroatoms. The van der Waals surface area contributed by atoms with E-state index in [1.807, 2.05) is 4.90 Å². The summed E-state index contributed by atoms with van der Waals surface area (Å²) in [6.07, 6.45) is 9.26. The second-order valence-electron chi connectivity index (χ2n) is 10.8. The highest BCUT2D eigenvalue weighted by Gasteiger charge is 2.51. The highest BCUT2D eigenvalue weighted by atomic mass is 32.1. The fraction of sp³-hybridized carbons (Fsp3) is 0.640. The van der Waals surface area contributed by atoms with Crippen LogP contribution in [0.4, 0.5) is 14.3 Å². The summed E-state index contributed by atoms with van der Waals surface area (Å²) >= 11 is 1.41. The molecule has 2 amide bonds. The van der Waals surface area contributed by atoms with Gasteiger partial charge in [0.2, 0.25) is 5.13 Å². The average molecular weight is 470 g/mol. The number of amides is 2. The van der Waals surface area contributed by atoms with E-state index in [2.05, 4.69) is 14.6 Å². The third-order valence-electron chi connectivity index (χ3n) is 8.20. The molecule has 176 valence electrons. The van der Waals surface area contributed by atoms with Gasteiger partial charge in [-0.3, -0.25) is 0 Å². The fourth-order valence-corrected chi connectivity index (χ4v) is 7.85. The predicted molar refractivity (Wildman–Crippen MR) is 127 cm³/mol. The summed E-state index contributed by atoms with van der Waals surface area (Å²) in [6.45, 7) is 3.16. The highest BCUT2D eigenvalue weighted by molar-refractivity contribution is 7.09. The van der Waals surface area contributed by atoms with Crippen LogP contribution in [0.1, 0.15) is 56.3 Å². The monoisotopic (exact) mass is 469 g/mol. The van der Waals surface area contributed by atoms with Crippen molar-refractivity contribution in [3.63, 3.8) is 0 Å². The SMILES string of the molecule is O=C(NC12CC3CC(CC(C3)C1)C2)N1CCCN(c2nc(Cc3ccc(F)cc3)ns2)CC1. The van der Waals surface area contributed by atoms with E-state index in [0.29, 0.717) is 13.0 Å². The maximum absolute atomic E-state index is 13.3. The Morgan fingerprint density at radius 2 is 1.73 bits per heavy atom. The lowest BCUT2D eigenvalue weighted by atomic mass is 9.53. The molecule has 0 unspecified atom stereocenters. The number of carbonyl (C=O) groups is 1. The molecule has 5 aliphatic rings. The first-order chi connectivity index (χ1) is 16.0. The first-order valence-corrected chi connectivity index (χ1v) is 13.2. The van der Waals surface area contributed by atoms with Gasteiger partial charge in [-0.25, -0.2) is 14.2 Å². The molecule has 7 rings (SSSR count). The summed E-state index contributed by atoms with van der Waals surface area (Å²) in [5.41, 5.74) is 1.07. The lowest BCUT2D eigenvalue weighted by molar-refractivity contribution is -0.0155. The van der Waals surface area contributed by atoms with E-state index in [0.717, 1.165) is 60.3 Å². The van der Waals surface area contributed by atoms with Crippen LogP contribution in [-0.4, -0.2) is 52.0 Å². The number of urea groups is 1. The Hall–Kier alpha value is -2.22. The second kappa shape index (κ2) is 8.53. The summed E-state index contributed by atoms with van der Waals surface area (Å²) in [7, 11) is 0. The Morgan fingerprint density at radius 1 is 1.03 bits per heavy atom. The van der Waals surface area contributed by atoms with Crippen molar-refractivity contribution in [2.24, 2.45) is 17.8 Å². The van der Waals surface area contributed by atoms with Crippen LogP contribution < -0.4 is 10.2 Å². The largest absolute Gasteiger partial charge is 0.345 e. The van der Waals surface area contributed by atoms with E-state index in [4.69, 9.17) is 4.98 Å². The van der Waals surface area contributed by atoms with Crippen molar-refractivity contribution >= 4 is 22.7 Å². The van der Waals surface area contributed by atoms with Crippen molar-refractivity contribution in [2.75, 3.05) is 31.1 Å². The van der Waals surface area contributed by atoms with Gasteiger partial charge < -0.3 is 15.1 Å². The summed E-state index contributed by atoms with van der Waals surface area (Å²) in [4.78, 5) is 22.3. The molecule has 5 fully saturated rings. The van der Waals surface area contributed by atoms with Gasteiger partial charge in [-0.15, -0.1) is 0 Å². The van der Waals surface area contributed by atoms with Crippen molar-refractivity contribution in [1.82, 2.24) is 19.6 Å². The molecule has 2 heterocycles. The van der Waals surface area contributed by atoms with Crippen molar-refractivity contribution in [1.29, 1.82) is 0 Å². The molecule has 1 N–H and O–H groups in total. The molecule has 1 aromatic carbocycles. The minimum atomic E-state index is -0.230. The van der Waals surface area contributed by atoms with Crippen LogP contribution in [0.2, 0.25) is 0 Å². The number of halogens is 1. The standard InChI is InChI=1S/C25H32FN5OS/c26-21-4-2-17(3-5-21)13-22-27-24(33-29-22)31-7-1-6-30(8-9-31)23(32)28-25-14-18-10-19(15-25)12-20(11-18)16-25/h2-5,18-20H,1,6-16H2,(H,28,32). The lowest BCUT2D eigenvalue weighted by Crippen LogP contribution is -2.62. The third kappa shape index (κ3) is 4.46. The fourth-order valence-electron chi connectivity index (χ4n) is 7.11. The minimum absolute atomic E-state index is 0.0618. The number of hydrogen-bond acceptors (Lipinski definition) is 5. The van der Waals surface area contributed by atoms with Crippen molar-refractivity contribution in [3.05, 3.63) is 41.5 Å². The van der Waals surface area contributed by atoms with Gasteiger partial charge in [-0.2, -0.15) is 4.37 Å². The van der Waals surface area contributed by atoms with Crippen molar-refractivity contribution < 1.29 is 9.18 Å². The number of carbonyl (C=O) groups excluding carboxylic acids is 1. The molecule has 1 aliphatic heterocycles. The first kappa shape index (κ1) is 21.3. The van der Waals surface area contributed by atoms with Gasteiger partial charge in [0, 0.05) is 49.7 Å². The summed E-state index contributed by atoms with van der Waals surface area (Å²) in [5, 5.41) is 4.44. The van der Waals surface area contributed by atoms with Gasteiger partial charge in [-0.05, 0) is 80.4 Å². The Morgan fingerprint density at radius 3 is 2.42 bits per heavy atom. The number of rotatable bonds is 4. The molecular formula is C25H32FN5OS. The Kier molecular flexibility index (Phi) is 5.51. The van der Waals surface area contributed by atoms with Crippen LogP contribution in [-0.2, 0) is 6.42 Å². The maximum Gasteiger partial charge on any atom is 0.317 e. The molecule has 4 aliphatic carbocycles. The number of nitrogens with zero attached hydrogens (tertiary/aromatic N) is 4. The van der Waals surface area contributed by atoms with E-state index in [9.17, 15) is 9.18 Å². The Bertz CT molecular complexity index is 973. The molecule has 33 heavy (non-hydrogen) atoms. The molecule has 4 bridgehead atoms. The minimum Gasteiger partial charge on any atom is -0.345 e. The number of benzene rings is 1. The Balaban J connectivity index is 1.06. The molecule has 0 atom stereocenters. The molecule has 1 aromatic heterocycles. The van der Waals surface area contributed by atoms with E-state index in [1.54, 1.807) is 12.1 Å². The van der Waals surface area contributed by atoms with Crippen LogP contribution in [0.25, 0.3) is 0 Å².